The standard InChI is InChI=1S/C14H14BrClS2/c15-13-7-6-11(18-13)14(16)12-8-9-4-2-1-3-5-10(9)17-12/h6-8,14H,1-5H2. The van der Waals surface area contributed by atoms with E-state index in [1.165, 1.54) is 41.9 Å². The summed E-state index contributed by atoms with van der Waals surface area (Å²) in [6.07, 6.45) is 6.53. The van der Waals surface area contributed by atoms with Crippen molar-refractivity contribution < 1.29 is 0 Å². The van der Waals surface area contributed by atoms with Crippen molar-refractivity contribution in [2.24, 2.45) is 0 Å². The third-order valence-electron chi connectivity index (χ3n) is 3.36. The van der Waals surface area contributed by atoms with Gasteiger partial charge in [-0.15, -0.1) is 34.3 Å². The van der Waals surface area contributed by atoms with Crippen LogP contribution in [-0.2, 0) is 12.8 Å². The molecule has 96 valence electrons. The second kappa shape index (κ2) is 5.66. The molecule has 0 saturated carbocycles. The smallest absolute Gasteiger partial charge is 0.102 e. The number of hydrogen-bond donors (Lipinski definition) is 0. The van der Waals surface area contributed by atoms with Crippen molar-refractivity contribution in [3.63, 3.8) is 0 Å². The summed E-state index contributed by atoms with van der Waals surface area (Å²) in [5.41, 5.74) is 1.55. The molecule has 2 heterocycles. The summed E-state index contributed by atoms with van der Waals surface area (Å²) in [5.74, 6) is 0. The molecule has 1 aliphatic carbocycles. The normalized spacial score (nSPS) is 17.2. The van der Waals surface area contributed by atoms with Gasteiger partial charge < -0.3 is 0 Å². The number of fused-ring (bicyclic) bond motifs is 1. The van der Waals surface area contributed by atoms with E-state index in [1.54, 1.807) is 21.8 Å². The lowest BCUT2D eigenvalue weighted by Gasteiger charge is -2.03. The molecule has 1 aliphatic rings. The molecule has 1 atom stereocenters. The number of halogens is 2. The van der Waals surface area contributed by atoms with Gasteiger partial charge in [0.05, 0.1) is 3.79 Å². The van der Waals surface area contributed by atoms with Crippen LogP contribution in [0, 0.1) is 0 Å². The van der Waals surface area contributed by atoms with E-state index in [0.29, 0.717) is 0 Å². The predicted molar refractivity (Wildman–Crippen MR) is 85.3 cm³/mol. The van der Waals surface area contributed by atoms with Crippen molar-refractivity contribution in [2.75, 3.05) is 0 Å². The number of alkyl halides is 1. The van der Waals surface area contributed by atoms with Crippen LogP contribution >= 0.6 is 50.2 Å². The summed E-state index contributed by atoms with van der Waals surface area (Å²) in [6, 6.07) is 6.54. The van der Waals surface area contributed by atoms with Crippen LogP contribution in [-0.4, -0.2) is 0 Å². The largest absolute Gasteiger partial charge is 0.143 e. The maximum absolute atomic E-state index is 6.61. The molecule has 3 rings (SSSR count). The van der Waals surface area contributed by atoms with Crippen molar-refractivity contribution >= 4 is 50.2 Å². The maximum Gasteiger partial charge on any atom is 0.102 e. The van der Waals surface area contributed by atoms with Gasteiger partial charge >= 0.3 is 0 Å². The molecule has 2 aromatic heterocycles. The molecule has 0 saturated heterocycles. The van der Waals surface area contributed by atoms with Crippen molar-refractivity contribution in [1.82, 2.24) is 0 Å². The van der Waals surface area contributed by atoms with Gasteiger partial charge in [0.1, 0.15) is 5.38 Å². The summed E-state index contributed by atoms with van der Waals surface area (Å²) in [7, 11) is 0. The lowest BCUT2D eigenvalue weighted by atomic mass is 10.1. The van der Waals surface area contributed by atoms with Crippen LogP contribution in [0.15, 0.2) is 22.0 Å². The predicted octanol–water partition coefficient (Wildman–Crippen LogP) is 6.17. The van der Waals surface area contributed by atoms with Gasteiger partial charge in [-0.05, 0) is 65.4 Å². The average molecular weight is 362 g/mol. The first kappa shape index (κ1) is 13.2. The molecule has 0 nitrogen and oxygen atoms in total. The fourth-order valence-corrected chi connectivity index (χ4v) is 5.57. The first-order valence-electron chi connectivity index (χ1n) is 6.25. The van der Waals surface area contributed by atoms with Gasteiger partial charge in [-0.2, -0.15) is 0 Å². The maximum atomic E-state index is 6.61. The van der Waals surface area contributed by atoms with Crippen molar-refractivity contribution in [2.45, 2.75) is 37.5 Å². The molecule has 4 heteroatoms. The highest BCUT2D eigenvalue weighted by Gasteiger charge is 2.19. The Kier molecular flexibility index (Phi) is 4.14. The van der Waals surface area contributed by atoms with Gasteiger partial charge in [0.2, 0.25) is 0 Å². The van der Waals surface area contributed by atoms with Gasteiger partial charge in [-0.3, -0.25) is 0 Å². The minimum absolute atomic E-state index is 0.0261. The topological polar surface area (TPSA) is 0 Å². The van der Waals surface area contributed by atoms with E-state index >= 15 is 0 Å². The van der Waals surface area contributed by atoms with E-state index in [4.69, 9.17) is 11.6 Å². The zero-order valence-electron chi connectivity index (χ0n) is 9.92. The zero-order valence-corrected chi connectivity index (χ0v) is 13.9. The Balaban J connectivity index is 1.88. The van der Waals surface area contributed by atoms with Crippen LogP contribution in [0.3, 0.4) is 0 Å². The van der Waals surface area contributed by atoms with Crippen LogP contribution in [0.4, 0.5) is 0 Å². The third-order valence-corrected chi connectivity index (χ3v) is 7.08. The average Bonchev–Trinajstić information content (AvgIpc) is 2.90. The Hall–Kier alpha value is 0.170. The van der Waals surface area contributed by atoms with Gasteiger partial charge in [-0.1, -0.05) is 6.42 Å². The minimum atomic E-state index is 0.0261. The quantitative estimate of drug-likeness (QED) is 0.443. The first-order chi connectivity index (χ1) is 8.74. The Morgan fingerprint density at radius 2 is 1.89 bits per heavy atom. The lowest BCUT2D eigenvalue weighted by Crippen LogP contribution is -1.85. The zero-order chi connectivity index (χ0) is 12.5. The van der Waals surface area contributed by atoms with Crippen molar-refractivity contribution in [1.29, 1.82) is 0 Å². The monoisotopic (exact) mass is 360 g/mol. The Labute approximate surface area is 129 Å². The molecule has 0 N–H and O–H groups in total. The molecule has 0 radical (unpaired) electrons. The number of thiophene rings is 2. The Morgan fingerprint density at radius 3 is 2.67 bits per heavy atom. The van der Waals surface area contributed by atoms with E-state index in [2.05, 4.69) is 34.1 Å². The van der Waals surface area contributed by atoms with Gasteiger partial charge in [0, 0.05) is 14.6 Å². The third kappa shape index (κ3) is 2.69. The Morgan fingerprint density at radius 1 is 1.06 bits per heavy atom. The SMILES string of the molecule is ClC(c1ccc(Br)s1)c1cc2c(s1)CCCCC2. The van der Waals surface area contributed by atoms with Crippen LogP contribution in [0.25, 0.3) is 0 Å². The molecule has 0 aliphatic heterocycles. The van der Waals surface area contributed by atoms with Gasteiger partial charge in [-0.25, -0.2) is 0 Å². The highest BCUT2D eigenvalue weighted by atomic mass is 79.9. The van der Waals surface area contributed by atoms with Crippen molar-refractivity contribution in [3.05, 3.63) is 42.2 Å². The summed E-state index contributed by atoms with van der Waals surface area (Å²) in [6.45, 7) is 0. The van der Waals surface area contributed by atoms with Gasteiger partial charge in [0.25, 0.3) is 0 Å². The van der Waals surface area contributed by atoms with Crippen LogP contribution in [0.5, 0.6) is 0 Å². The van der Waals surface area contributed by atoms with Crippen LogP contribution < -0.4 is 0 Å². The van der Waals surface area contributed by atoms with E-state index < -0.39 is 0 Å². The molecule has 1 unspecified atom stereocenters. The number of hydrogen-bond acceptors (Lipinski definition) is 2. The molecule has 18 heavy (non-hydrogen) atoms. The fraction of sp³-hybridized carbons (Fsp3) is 0.429. The van der Waals surface area contributed by atoms with E-state index in [9.17, 15) is 0 Å². The highest BCUT2D eigenvalue weighted by Crippen LogP contribution is 2.41. The molecule has 0 fully saturated rings. The highest BCUT2D eigenvalue weighted by molar-refractivity contribution is 9.11. The van der Waals surface area contributed by atoms with Crippen LogP contribution in [0.1, 0.15) is 44.8 Å². The van der Waals surface area contributed by atoms with E-state index in [1.807, 2.05) is 11.3 Å². The first-order valence-corrected chi connectivity index (χ1v) is 9.11. The van der Waals surface area contributed by atoms with Gasteiger partial charge in [0.15, 0.2) is 0 Å². The molecule has 0 spiro atoms. The number of aryl methyl sites for hydroxylation is 2. The summed E-state index contributed by atoms with van der Waals surface area (Å²) < 4.78 is 1.15. The Bertz CT molecular complexity index is 520. The minimum Gasteiger partial charge on any atom is -0.143 e. The van der Waals surface area contributed by atoms with Crippen LogP contribution in [0.2, 0.25) is 0 Å². The molecule has 2 aromatic rings. The second-order valence-corrected chi connectivity index (χ2v) is 8.76. The van der Waals surface area contributed by atoms with E-state index in [0.717, 1.165) is 3.79 Å². The summed E-state index contributed by atoms with van der Waals surface area (Å²) in [4.78, 5) is 4.13. The molecular formula is C14H14BrClS2. The van der Waals surface area contributed by atoms with E-state index in [-0.39, 0.29) is 5.38 Å². The molecular weight excluding hydrogens is 348 g/mol. The lowest BCUT2D eigenvalue weighted by molar-refractivity contribution is 0.712. The molecule has 0 aromatic carbocycles. The molecule has 0 bridgehead atoms. The number of rotatable bonds is 2. The van der Waals surface area contributed by atoms with Crippen molar-refractivity contribution in [3.8, 4) is 0 Å². The summed E-state index contributed by atoms with van der Waals surface area (Å²) >= 11 is 13.8. The summed E-state index contributed by atoms with van der Waals surface area (Å²) in [5, 5.41) is 0.0261. The molecule has 0 amide bonds. The second-order valence-electron chi connectivity index (χ2n) is 4.66. The fourth-order valence-electron chi connectivity index (χ4n) is 2.42.